The summed E-state index contributed by atoms with van der Waals surface area (Å²) in [6.07, 6.45) is 3.03. The SMILES string of the molecule is CS(=O)(=O)N1CCN(Cc2cc3nc(-c4cccc5[nH]ncc45)nc(N)c3s2)CC1. The first-order valence-corrected chi connectivity index (χ1v) is 12.2. The molecule has 1 aliphatic rings. The Morgan fingerprint density at radius 1 is 1.20 bits per heavy atom. The second kappa shape index (κ2) is 7.27. The lowest BCUT2D eigenvalue weighted by Gasteiger charge is -2.32. The molecular weight excluding hydrogens is 422 g/mol. The number of aromatic nitrogens is 4. The van der Waals surface area contributed by atoms with E-state index < -0.39 is 10.0 Å². The molecule has 4 heterocycles. The van der Waals surface area contributed by atoms with Gasteiger partial charge in [0.05, 0.1) is 28.2 Å². The number of benzene rings is 1. The zero-order valence-corrected chi connectivity index (χ0v) is 18.0. The molecule has 1 aliphatic heterocycles. The molecule has 3 N–H and O–H groups in total. The summed E-state index contributed by atoms with van der Waals surface area (Å²) in [7, 11) is -3.12. The Morgan fingerprint density at radius 2 is 2.00 bits per heavy atom. The number of aromatic amines is 1. The molecule has 30 heavy (non-hydrogen) atoms. The average molecular weight is 444 g/mol. The van der Waals surface area contributed by atoms with Gasteiger partial charge in [-0.3, -0.25) is 10.00 Å². The molecule has 0 unspecified atom stereocenters. The van der Waals surface area contributed by atoms with E-state index in [9.17, 15) is 8.42 Å². The number of anilines is 1. The number of fused-ring (bicyclic) bond motifs is 2. The third-order valence-corrected chi connectivity index (χ3v) is 7.79. The van der Waals surface area contributed by atoms with Crippen LogP contribution >= 0.6 is 11.3 Å². The topological polar surface area (TPSA) is 121 Å². The van der Waals surface area contributed by atoms with Gasteiger partial charge in [-0.1, -0.05) is 12.1 Å². The van der Waals surface area contributed by atoms with Crippen LogP contribution in [-0.2, 0) is 16.6 Å². The summed E-state index contributed by atoms with van der Waals surface area (Å²) in [4.78, 5) is 12.7. The van der Waals surface area contributed by atoms with Gasteiger partial charge in [0, 0.05) is 48.6 Å². The molecular formula is C19H21N7O2S2. The van der Waals surface area contributed by atoms with Crippen LogP contribution in [-0.4, -0.2) is 70.2 Å². The molecule has 5 rings (SSSR count). The van der Waals surface area contributed by atoms with Gasteiger partial charge in [0.25, 0.3) is 0 Å². The largest absolute Gasteiger partial charge is 0.382 e. The highest BCUT2D eigenvalue weighted by molar-refractivity contribution is 7.88. The molecule has 0 atom stereocenters. The van der Waals surface area contributed by atoms with Crippen molar-refractivity contribution in [2.75, 3.05) is 38.2 Å². The number of nitrogens with one attached hydrogen (secondary N) is 1. The number of nitrogens with two attached hydrogens (primary N) is 1. The summed E-state index contributed by atoms with van der Waals surface area (Å²) >= 11 is 1.59. The van der Waals surface area contributed by atoms with Crippen LogP contribution in [0.2, 0.25) is 0 Å². The van der Waals surface area contributed by atoms with Gasteiger partial charge in [-0.25, -0.2) is 18.4 Å². The number of hydrogen-bond donors (Lipinski definition) is 2. The zero-order chi connectivity index (χ0) is 20.9. The Labute approximate surface area is 177 Å². The maximum atomic E-state index is 11.7. The first-order valence-electron chi connectivity index (χ1n) is 9.54. The smallest absolute Gasteiger partial charge is 0.211 e. The second-order valence-electron chi connectivity index (χ2n) is 7.43. The van der Waals surface area contributed by atoms with Crippen LogP contribution in [0.4, 0.5) is 5.82 Å². The number of hydrogen-bond acceptors (Lipinski definition) is 8. The van der Waals surface area contributed by atoms with Crippen LogP contribution in [0.1, 0.15) is 4.88 Å². The maximum absolute atomic E-state index is 11.7. The molecule has 1 aromatic carbocycles. The van der Waals surface area contributed by atoms with Crippen molar-refractivity contribution in [3.8, 4) is 11.4 Å². The molecule has 0 amide bonds. The fourth-order valence-electron chi connectivity index (χ4n) is 3.80. The number of piperazine rings is 1. The molecule has 3 aromatic heterocycles. The Kier molecular flexibility index (Phi) is 4.69. The van der Waals surface area contributed by atoms with Gasteiger partial charge < -0.3 is 5.73 Å². The number of nitrogens with zero attached hydrogens (tertiary/aromatic N) is 5. The predicted octanol–water partition coefficient (Wildman–Crippen LogP) is 1.89. The van der Waals surface area contributed by atoms with Gasteiger partial charge in [-0.05, 0) is 12.1 Å². The molecule has 0 saturated carbocycles. The van der Waals surface area contributed by atoms with Crippen LogP contribution in [0, 0.1) is 0 Å². The molecule has 156 valence electrons. The van der Waals surface area contributed by atoms with E-state index in [4.69, 9.17) is 10.7 Å². The van der Waals surface area contributed by atoms with E-state index in [2.05, 4.69) is 26.1 Å². The van der Waals surface area contributed by atoms with Crippen LogP contribution in [0.3, 0.4) is 0 Å². The number of H-pyrrole nitrogens is 1. The monoisotopic (exact) mass is 443 g/mol. The van der Waals surface area contributed by atoms with Gasteiger partial charge in [0.2, 0.25) is 10.0 Å². The highest BCUT2D eigenvalue weighted by Gasteiger charge is 2.24. The normalized spacial score (nSPS) is 16.6. The van der Waals surface area contributed by atoms with Gasteiger partial charge in [-0.15, -0.1) is 11.3 Å². The number of nitrogen functional groups attached to an aromatic ring is 1. The van der Waals surface area contributed by atoms with E-state index in [-0.39, 0.29) is 0 Å². The van der Waals surface area contributed by atoms with Gasteiger partial charge >= 0.3 is 0 Å². The minimum absolute atomic E-state index is 0.466. The first kappa shape index (κ1) is 19.4. The van der Waals surface area contributed by atoms with Crippen molar-refractivity contribution in [2.45, 2.75) is 6.54 Å². The average Bonchev–Trinajstić information content (AvgIpc) is 3.34. The highest BCUT2D eigenvalue weighted by atomic mass is 32.2. The van der Waals surface area contributed by atoms with Crippen molar-refractivity contribution < 1.29 is 8.42 Å². The van der Waals surface area contributed by atoms with Crippen LogP contribution in [0.25, 0.3) is 32.5 Å². The quantitative estimate of drug-likeness (QED) is 0.494. The number of rotatable bonds is 4. The minimum atomic E-state index is -3.12. The summed E-state index contributed by atoms with van der Waals surface area (Å²) < 4.78 is 25.8. The van der Waals surface area contributed by atoms with Crippen molar-refractivity contribution >= 4 is 48.3 Å². The number of sulfonamides is 1. The Morgan fingerprint density at radius 3 is 2.77 bits per heavy atom. The lowest BCUT2D eigenvalue weighted by atomic mass is 10.1. The van der Waals surface area contributed by atoms with Gasteiger partial charge in [0.15, 0.2) is 5.82 Å². The van der Waals surface area contributed by atoms with Gasteiger partial charge in [0.1, 0.15) is 5.82 Å². The summed E-state index contributed by atoms with van der Waals surface area (Å²) in [6, 6.07) is 7.92. The van der Waals surface area contributed by atoms with E-state index >= 15 is 0 Å². The summed E-state index contributed by atoms with van der Waals surface area (Å²) in [6.45, 7) is 3.19. The molecule has 0 bridgehead atoms. The Hall–Kier alpha value is -2.60. The number of thiophene rings is 1. The molecule has 1 fully saturated rings. The standard InChI is InChI=1S/C19H21N7O2S2/c1-30(27,28)26-7-5-25(6-8-26)11-12-9-16-17(29-12)18(20)23-19(22-16)13-3-2-4-15-14(13)10-21-24-15/h2-4,9-10H,5-8,11H2,1H3,(H,21,24)(H2,20,22,23). The first-order chi connectivity index (χ1) is 14.4. The molecule has 0 aliphatic carbocycles. The third-order valence-electron chi connectivity index (χ3n) is 5.35. The van der Waals surface area contributed by atoms with Crippen LogP contribution in [0.15, 0.2) is 30.5 Å². The van der Waals surface area contributed by atoms with Crippen molar-refractivity contribution in [2.24, 2.45) is 0 Å². The van der Waals surface area contributed by atoms with Crippen molar-refractivity contribution in [3.63, 3.8) is 0 Å². The summed E-state index contributed by atoms with van der Waals surface area (Å²) in [5, 5.41) is 8.02. The summed E-state index contributed by atoms with van der Waals surface area (Å²) in [5.41, 5.74) is 8.92. The molecule has 1 saturated heterocycles. The lowest BCUT2D eigenvalue weighted by Crippen LogP contribution is -2.47. The van der Waals surface area contributed by atoms with Crippen LogP contribution in [0.5, 0.6) is 0 Å². The fraction of sp³-hybridized carbons (Fsp3) is 0.316. The molecule has 0 radical (unpaired) electrons. The molecule has 9 nitrogen and oxygen atoms in total. The zero-order valence-electron chi connectivity index (χ0n) is 16.4. The Balaban J connectivity index is 1.41. The lowest BCUT2D eigenvalue weighted by molar-refractivity contribution is 0.183. The van der Waals surface area contributed by atoms with E-state index in [1.165, 1.54) is 10.6 Å². The predicted molar refractivity (Wildman–Crippen MR) is 119 cm³/mol. The van der Waals surface area contributed by atoms with E-state index in [0.717, 1.165) is 38.1 Å². The minimum Gasteiger partial charge on any atom is -0.382 e. The Bertz CT molecular complexity index is 1340. The van der Waals surface area contributed by atoms with Crippen molar-refractivity contribution in [1.82, 2.24) is 29.4 Å². The maximum Gasteiger partial charge on any atom is 0.211 e. The summed E-state index contributed by atoms with van der Waals surface area (Å²) in [5.74, 6) is 1.05. The molecule has 4 aromatic rings. The van der Waals surface area contributed by atoms with Crippen molar-refractivity contribution in [3.05, 3.63) is 35.3 Å². The van der Waals surface area contributed by atoms with E-state index in [0.29, 0.717) is 37.8 Å². The second-order valence-corrected chi connectivity index (χ2v) is 10.6. The van der Waals surface area contributed by atoms with Gasteiger partial charge in [-0.2, -0.15) is 9.40 Å². The highest BCUT2D eigenvalue weighted by Crippen LogP contribution is 2.33. The molecule has 11 heteroatoms. The molecule has 0 spiro atoms. The van der Waals surface area contributed by atoms with E-state index in [1.807, 2.05) is 18.2 Å². The van der Waals surface area contributed by atoms with E-state index in [1.54, 1.807) is 17.5 Å². The van der Waals surface area contributed by atoms with Crippen LogP contribution < -0.4 is 5.73 Å². The van der Waals surface area contributed by atoms with Crippen molar-refractivity contribution in [1.29, 1.82) is 0 Å². The third kappa shape index (κ3) is 3.54. The fourth-order valence-corrected chi connectivity index (χ4v) is 5.67.